The van der Waals surface area contributed by atoms with E-state index in [1.807, 2.05) is 6.92 Å². The largest absolute Gasteiger partial charge is 0.288 e. The van der Waals surface area contributed by atoms with E-state index in [4.69, 9.17) is 0 Å². The molecule has 0 N–H and O–H groups in total. The summed E-state index contributed by atoms with van der Waals surface area (Å²) in [5, 5.41) is 4.09. The monoisotopic (exact) mass is 246 g/mol. The second-order valence-corrected chi connectivity index (χ2v) is 4.29. The summed E-state index contributed by atoms with van der Waals surface area (Å²) < 4.78 is 15.1. The Hall–Kier alpha value is -1.97. The van der Waals surface area contributed by atoms with Gasteiger partial charge in [-0.25, -0.2) is 4.39 Å². The molecule has 3 nitrogen and oxygen atoms in total. The van der Waals surface area contributed by atoms with Crippen molar-refractivity contribution in [3.63, 3.8) is 0 Å². The molecule has 0 aliphatic heterocycles. The zero-order valence-corrected chi connectivity index (χ0v) is 10.5. The molecule has 1 heterocycles. The van der Waals surface area contributed by atoms with Crippen molar-refractivity contribution in [1.29, 1.82) is 0 Å². The molecule has 0 saturated carbocycles. The highest BCUT2D eigenvalue weighted by Gasteiger charge is 2.12. The maximum Gasteiger partial charge on any atom is 0.196 e. The average molecular weight is 246 g/mol. The smallest absolute Gasteiger partial charge is 0.196 e. The first-order valence-corrected chi connectivity index (χ1v) is 5.95. The zero-order chi connectivity index (χ0) is 13.1. The number of benzene rings is 1. The third kappa shape index (κ3) is 2.47. The van der Waals surface area contributed by atoms with Gasteiger partial charge in [-0.2, -0.15) is 5.10 Å². The van der Waals surface area contributed by atoms with Crippen molar-refractivity contribution in [3.05, 3.63) is 53.1 Å². The zero-order valence-electron chi connectivity index (χ0n) is 10.5. The summed E-state index contributed by atoms with van der Waals surface area (Å²) in [6.45, 7) is 4.48. The van der Waals surface area contributed by atoms with Gasteiger partial charge in [-0.15, -0.1) is 0 Å². The number of carbonyl (C=O) groups excluding carboxylic acids is 1. The normalized spacial score (nSPS) is 10.6. The third-order valence-corrected chi connectivity index (χ3v) is 2.78. The molecule has 0 amide bonds. The Morgan fingerprint density at radius 1 is 1.39 bits per heavy atom. The Bertz CT molecular complexity index is 575. The molecule has 94 valence electrons. The number of hydrogen-bond donors (Lipinski definition) is 0. The highest BCUT2D eigenvalue weighted by atomic mass is 19.1. The van der Waals surface area contributed by atoms with Gasteiger partial charge in [0.15, 0.2) is 5.78 Å². The molecule has 0 aliphatic carbocycles. The first kappa shape index (κ1) is 12.5. The lowest BCUT2D eigenvalue weighted by Gasteiger charge is -2.00. The summed E-state index contributed by atoms with van der Waals surface area (Å²) in [7, 11) is 0. The van der Waals surface area contributed by atoms with E-state index in [1.165, 1.54) is 12.3 Å². The van der Waals surface area contributed by atoms with Crippen molar-refractivity contribution in [2.24, 2.45) is 0 Å². The van der Waals surface area contributed by atoms with Crippen molar-refractivity contribution in [2.45, 2.75) is 26.8 Å². The van der Waals surface area contributed by atoms with Gasteiger partial charge in [0.25, 0.3) is 0 Å². The van der Waals surface area contributed by atoms with E-state index >= 15 is 0 Å². The molecule has 0 fully saturated rings. The van der Waals surface area contributed by atoms with Gasteiger partial charge in [-0.3, -0.25) is 9.48 Å². The van der Waals surface area contributed by atoms with Crippen LogP contribution in [0.25, 0.3) is 0 Å². The van der Waals surface area contributed by atoms with Crippen molar-refractivity contribution in [2.75, 3.05) is 0 Å². The van der Waals surface area contributed by atoms with E-state index in [0.717, 1.165) is 13.0 Å². The molecule has 2 aromatic rings. The molecule has 4 heteroatoms. The van der Waals surface area contributed by atoms with Crippen molar-refractivity contribution in [3.8, 4) is 0 Å². The topological polar surface area (TPSA) is 34.9 Å². The first-order chi connectivity index (χ1) is 8.61. The second-order valence-electron chi connectivity index (χ2n) is 4.29. The average Bonchev–Trinajstić information content (AvgIpc) is 2.81. The molecule has 1 aromatic carbocycles. The predicted molar refractivity (Wildman–Crippen MR) is 67.1 cm³/mol. The van der Waals surface area contributed by atoms with E-state index in [2.05, 4.69) is 5.10 Å². The van der Waals surface area contributed by atoms with Crippen molar-refractivity contribution < 1.29 is 9.18 Å². The molecule has 0 saturated heterocycles. The van der Waals surface area contributed by atoms with Gasteiger partial charge in [0.1, 0.15) is 5.82 Å². The molecule has 0 atom stereocenters. The highest BCUT2D eigenvalue weighted by molar-refractivity contribution is 6.08. The molecule has 1 aromatic heterocycles. The lowest BCUT2D eigenvalue weighted by molar-refractivity contribution is 0.103. The lowest BCUT2D eigenvalue weighted by Crippen LogP contribution is -2.01. The summed E-state index contributed by atoms with van der Waals surface area (Å²) in [4.78, 5) is 12.1. The maximum atomic E-state index is 13.4. The van der Waals surface area contributed by atoms with Crippen LogP contribution in [0, 0.1) is 12.7 Å². The van der Waals surface area contributed by atoms with Crippen LogP contribution in [0.1, 0.15) is 34.8 Å². The minimum atomic E-state index is -0.359. The van der Waals surface area contributed by atoms with E-state index in [1.54, 1.807) is 29.9 Å². The number of nitrogens with zero attached hydrogens (tertiary/aromatic N) is 2. The van der Waals surface area contributed by atoms with Crippen LogP contribution in [0.2, 0.25) is 0 Å². The summed E-state index contributed by atoms with van der Waals surface area (Å²) in [6, 6.07) is 4.52. The van der Waals surface area contributed by atoms with Crippen molar-refractivity contribution in [1.82, 2.24) is 9.78 Å². The van der Waals surface area contributed by atoms with Crippen LogP contribution in [0.15, 0.2) is 30.6 Å². The minimum absolute atomic E-state index is 0.198. The van der Waals surface area contributed by atoms with Gasteiger partial charge in [-0.05, 0) is 25.0 Å². The molecule has 0 radical (unpaired) electrons. The molecule has 18 heavy (non-hydrogen) atoms. The molecular weight excluding hydrogens is 231 g/mol. The fourth-order valence-electron chi connectivity index (χ4n) is 1.73. The fourth-order valence-corrected chi connectivity index (χ4v) is 1.73. The molecule has 0 bridgehead atoms. The molecule has 2 rings (SSSR count). The summed E-state index contributed by atoms with van der Waals surface area (Å²) in [6.07, 6.45) is 4.17. The van der Waals surface area contributed by atoms with Crippen LogP contribution in [-0.4, -0.2) is 15.6 Å². The summed E-state index contributed by atoms with van der Waals surface area (Å²) >= 11 is 0. The Morgan fingerprint density at radius 2 is 2.17 bits per heavy atom. The quantitative estimate of drug-likeness (QED) is 0.777. The van der Waals surface area contributed by atoms with Crippen LogP contribution in [0.3, 0.4) is 0 Å². The Kier molecular flexibility index (Phi) is 3.55. The van der Waals surface area contributed by atoms with Gasteiger partial charge in [-0.1, -0.05) is 19.1 Å². The third-order valence-electron chi connectivity index (χ3n) is 2.78. The number of halogens is 1. The van der Waals surface area contributed by atoms with Crippen molar-refractivity contribution >= 4 is 5.78 Å². The Morgan fingerprint density at radius 3 is 2.83 bits per heavy atom. The number of ketones is 1. The lowest BCUT2D eigenvalue weighted by atomic mass is 10.0. The van der Waals surface area contributed by atoms with E-state index in [9.17, 15) is 9.18 Å². The number of carbonyl (C=O) groups is 1. The van der Waals surface area contributed by atoms with E-state index in [-0.39, 0.29) is 11.6 Å². The first-order valence-electron chi connectivity index (χ1n) is 5.95. The number of aromatic nitrogens is 2. The SMILES string of the molecule is CCCn1cc(C(=O)c2ccc(C)c(F)c2)cn1. The number of aryl methyl sites for hydroxylation is 2. The van der Waals surface area contributed by atoms with Crippen LogP contribution < -0.4 is 0 Å². The Labute approximate surface area is 105 Å². The maximum absolute atomic E-state index is 13.4. The molecule has 0 aliphatic rings. The highest BCUT2D eigenvalue weighted by Crippen LogP contribution is 2.13. The van der Waals surface area contributed by atoms with Gasteiger partial charge in [0.2, 0.25) is 0 Å². The molecule has 0 unspecified atom stereocenters. The van der Waals surface area contributed by atoms with Gasteiger partial charge in [0.05, 0.1) is 11.8 Å². The van der Waals surface area contributed by atoms with Gasteiger partial charge in [0, 0.05) is 18.3 Å². The van der Waals surface area contributed by atoms with E-state index < -0.39 is 0 Å². The molecule has 0 spiro atoms. The van der Waals surface area contributed by atoms with Gasteiger partial charge < -0.3 is 0 Å². The minimum Gasteiger partial charge on any atom is -0.288 e. The predicted octanol–water partition coefficient (Wildman–Crippen LogP) is 2.97. The summed E-state index contributed by atoms with van der Waals surface area (Å²) in [5.41, 5.74) is 1.38. The standard InChI is InChI=1S/C14H15FN2O/c1-3-6-17-9-12(8-16-17)14(18)11-5-4-10(2)13(15)7-11/h4-5,7-9H,3,6H2,1-2H3. The Balaban J connectivity index is 2.26. The second kappa shape index (κ2) is 5.12. The van der Waals surface area contributed by atoms with Crippen LogP contribution in [0.4, 0.5) is 4.39 Å². The van der Waals surface area contributed by atoms with Crippen LogP contribution >= 0.6 is 0 Å². The van der Waals surface area contributed by atoms with Crippen LogP contribution in [-0.2, 0) is 6.54 Å². The number of hydrogen-bond acceptors (Lipinski definition) is 2. The molecular formula is C14H15FN2O. The summed E-state index contributed by atoms with van der Waals surface area (Å²) in [5.74, 6) is -0.557. The fraction of sp³-hybridized carbons (Fsp3) is 0.286. The van der Waals surface area contributed by atoms with E-state index in [0.29, 0.717) is 16.7 Å². The number of rotatable bonds is 4. The van der Waals surface area contributed by atoms with Gasteiger partial charge >= 0.3 is 0 Å². The van der Waals surface area contributed by atoms with Crippen LogP contribution in [0.5, 0.6) is 0 Å².